The lowest BCUT2D eigenvalue weighted by molar-refractivity contribution is -0.0654. The molecule has 2 amide bonds. The van der Waals surface area contributed by atoms with Crippen molar-refractivity contribution in [3.05, 3.63) is 35.6 Å². The largest absolute Gasteiger partial charge is 0.376 e. The van der Waals surface area contributed by atoms with Gasteiger partial charge >= 0.3 is 6.03 Å². The van der Waals surface area contributed by atoms with Gasteiger partial charge in [-0.2, -0.15) is 0 Å². The Kier molecular flexibility index (Phi) is 4.82. The molecule has 1 aromatic rings. The molecular formula is C17H24FN3O2. The maximum atomic E-state index is 13.5. The van der Waals surface area contributed by atoms with Gasteiger partial charge in [-0.3, -0.25) is 0 Å². The SMILES string of the molecule is CN(C)[C@@H]1[C@@H](NC(=O)NCCc2ccccc2F)[C@H]2CCO[C@H]21. The average Bonchev–Trinajstić information content (AvgIpc) is 2.90. The topological polar surface area (TPSA) is 53.6 Å². The molecule has 0 aromatic heterocycles. The Balaban J connectivity index is 1.47. The predicted molar refractivity (Wildman–Crippen MR) is 85.7 cm³/mol. The summed E-state index contributed by atoms with van der Waals surface area (Å²) < 4.78 is 19.3. The van der Waals surface area contributed by atoms with Crippen LogP contribution in [-0.2, 0) is 11.2 Å². The van der Waals surface area contributed by atoms with E-state index < -0.39 is 0 Å². The predicted octanol–water partition coefficient (Wildman–Crippen LogP) is 1.38. The van der Waals surface area contributed by atoms with Gasteiger partial charge in [0.05, 0.1) is 18.2 Å². The van der Waals surface area contributed by atoms with Gasteiger partial charge in [0.2, 0.25) is 0 Å². The summed E-state index contributed by atoms with van der Waals surface area (Å²) in [6, 6.07) is 6.79. The maximum absolute atomic E-state index is 13.5. The Labute approximate surface area is 136 Å². The second-order valence-electron chi connectivity index (χ2n) is 6.51. The third-order valence-corrected chi connectivity index (χ3v) is 4.88. The van der Waals surface area contributed by atoms with E-state index in [-0.39, 0.29) is 30.0 Å². The number of hydrogen-bond donors (Lipinski definition) is 2. The van der Waals surface area contributed by atoms with Gasteiger partial charge < -0.3 is 20.3 Å². The summed E-state index contributed by atoms with van der Waals surface area (Å²) in [4.78, 5) is 14.2. The number of nitrogens with zero attached hydrogens (tertiary/aromatic N) is 1. The summed E-state index contributed by atoms with van der Waals surface area (Å²) in [5.74, 6) is 0.173. The minimum atomic E-state index is -0.229. The minimum absolute atomic E-state index is 0.117. The van der Waals surface area contributed by atoms with Crippen molar-refractivity contribution < 1.29 is 13.9 Å². The molecule has 1 saturated carbocycles. The molecule has 2 N–H and O–H groups in total. The standard InChI is InChI=1S/C17H24FN3O2/c1-21(2)15-14(12-8-10-23-16(12)15)20-17(22)19-9-7-11-5-3-4-6-13(11)18/h3-6,12,14-16H,7-10H2,1-2H3,(H2,19,20,22)/t12-,14+,15-,16-/m1/s1. The van der Waals surface area contributed by atoms with Crippen LogP contribution >= 0.6 is 0 Å². The Morgan fingerprint density at radius 1 is 1.39 bits per heavy atom. The zero-order valence-electron chi connectivity index (χ0n) is 13.6. The third-order valence-electron chi connectivity index (χ3n) is 4.88. The van der Waals surface area contributed by atoms with Crippen molar-refractivity contribution in [2.24, 2.45) is 5.92 Å². The van der Waals surface area contributed by atoms with Crippen LogP contribution in [0.5, 0.6) is 0 Å². The number of ether oxygens (including phenoxy) is 1. The van der Waals surface area contributed by atoms with Gasteiger partial charge in [0.25, 0.3) is 0 Å². The van der Waals surface area contributed by atoms with Crippen molar-refractivity contribution in [1.29, 1.82) is 0 Å². The van der Waals surface area contributed by atoms with Gasteiger partial charge in [-0.1, -0.05) is 18.2 Å². The van der Waals surface area contributed by atoms with E-state index in [2.05, 4.69) is 15.5 Å². The van der Waals surface area contributed by atoms with E-state index in [1.54, 1.807) is 18.2 Å². The molecule has 0 unspecified atom stereocenters. The number of likely N-dealkylation sites (N-methyl/N-ethyl adjacent to an activating group) is 1. The number of halogens is 1. The Morgan fingerprint density at radius 2 is 2.17 bits per heavy atom. The fourth-order valence-electron chi connectivity index (χ4n) is 3.70. The molecule has 0 bridgehead atoms. The van der Waals surface area contributed by atoms with Crippen LogP contribution in [0, 0.1) is 11.7 Å². The van der Waals surface area contributed by atoms with Crippen LogP contribution in [-0.4, -0.2) is 56.4 Å². The molecule has 0 spiro atoms. The number of fused-ring (bicyclic) bond motifs is 1. The summed E-state index contributed by atoms with van der Waals surface area (Å²) in [5.41, 5.74) is 0.617. The van der Waals surface area contributed by atoms with Crippen LogP contribution in [0.25, 0.3) is 0 Å². The first-order valence-corrected chi connectivity index (χ1v) is 8.13. The molecule has 1 aromatic carbocycles. The quantitative estimate of drug-likeness (QED) is 0.862. The lowest BCUT2D eigenvalue weighted by Crippen LogP contribution is -2.70. The first-order valence-electron chi connectivity index (χ1n) is 8.13. The van der Waals surface area contributed by atoms with E-state index in [1.165, 1.54) is 6.07 Å². The van der Waals surface area contributed by atoms with Crippen molar-refractivity contribution in [2.75, 3.05) is 27.2 Å². The molecule has 2 aliphatic rings. The van der Waals surface area contributed by atoms with Crippen LogP contribution in [0.2, 0.25) is 0 Å². The molecule has 23 heavy (non-hydrogen) atoms. The number of carbonyl (C=O) groups excluding carboxylic acids is 1. The average molecular weight is 321 g/mol. The van der Waals surface area contributed by atoms with Gasteiger partial charge in [0, 0.05) is 19.1 Å². The van der Waals surface area contributed by atoms with Crippen molar-refractivity contribution in [2.45, 2.75) is 31.0 Å². The smallest absolute Gasteiger partial charge is 0.315 e. The molecule has 3 rings (SSSR count). The van der Waals surface area contributed by atoms with E-state index in [0.717, 1.165) is 13.0 Å². The zero-order valence-corrected chi connectivity index (χ0v) is 13.6. The normalized spacial score (nSPS) is 29.0. The summed E-state index contributed by atoms with van der Waals surface area (Å²) in [6.07, 6.45) is 1.71. The van der Waals surface area contributed by atoms with Crippen molar-refractivity contribution in [3.63, 3.8) is 0 Å². The molecule has 1 aliphatic carbocycles. The van der Waals surface area contributed by atoms with Gasteiger partial charge in [-0.05, 0) is 38.6 Å². The van der Waals surface area contributed by atoms with Crippen molar-refractivity contribution in [1.82, 2.24) is 15.5 Å². The first-order chi connectivity index (χ1) is 11.1. The third kappa shape index (κ3) is 3.33. The van der Waals surface area contributed by atoms with Crippen LogP contribution in [0.15, 0.2) is 24.3 Å². The van der Waals surface area contributed by atoms with Crippen LogP contribution in [0.4, 0.5) is 9.18 Å². The number of urea groups is 1. The highest BCUT2D eigenvalue weighted by Gasteiger charge is 2.55. The number of benzene rings is 1. The lowest BCUT2D eigenvalue weighted by atomic mass is 9.71. The van der Waals surface area contributed by atoms with Crippen molar-refractivity contribution in [3.8, 4) is 0 Å². The van der Waals surface area contributed by atoms with E-state index in [1.807, 2.05) is 14.1 Å². The molecular weight excluding hydrogens is 297 g/mol. The molecule has 6 heteroatoms. The lowest BCUT2D eigenvalue weighted by Gasteiger charge is -2.50. The summed E-state index contributed by atoms with van der Waals surface area (Å²) in [7, 11) is 4.01. The summed E-state index contributed by atoms with van der Waals surface area (Å²) in [6.45, 7) is 1.18. The number of nitrogens with one attached hydrogen (secondary N) is 2. The number of rotatable bonds is 5. The van der Waals surface area contributed by atoms with Gasteiger partial charge in [-0.15, -0.1) is 0 Å². The van der Waals surface area contributed by atoms with E-state index >= 15 is 0 Å². The Morgan fingerprint density at radius 3 is 2.91 bits per heavy atom. The summed E-state index contributed by atoms with van der Waals surface area (Å²) in [5, 5.41) is 5.88. The number of amides is 2. The van der Waals surface area contributed by atoms with E-state index in [0.29, 0.717) is 24.4 Å². The zero-order chi connectivity index (χ0) is 16.4. The second kappa shape index (κ2) is 6.84. The Hall–Kier alpha value is -1.66. The number of hydrogen-bond acceptors (Lipinski definition) is 3. The van der Waals surface area contributed by atoms with Gasteiger partial charge in [-0.25, -0.2) is 9.18 Å². The molecule has 1 aliphatic heterocycles. The van der Waals surface area contributed by atoms with Crippen molar-refractivity contribution >= 4 is 6.03 Å². The van der Waals surface area contributed by atoms with E-state index in [4.69, 9.17) is 4.74 Å². The molecule has 1 saturated heterocycles. The molecule has 2 fully saturated rings. The highest BCUT2D eigenvalue weighted by molar-refractivity contribution is 5.74. The fourth-order valence-corrected chi connectivity index (χ4v) is 3.70. The minimum Gasteiger partial charge on any atom is -0.376 e. The molecule has 0 radical (unpaired) electrons. The van der Waals surface area contributed by atoms with Gasteiger partial charge in [0.1, 0.15) is 5.82 Å². The maximum Gasteiger partial charge on any atom is 0.315 e. The molecule has 126 valence electrons. The van der Waals surface area contributed by atoms with Crippen LogP contribution in [0.3, 0.4) is 0 Å². The van der Waals surface area contributed by atoms with Crippen LogP contribution in [0.1, 0.15) is 12.0 Å². The number of carbonyl (C=O) groups is 1. The Bertz CT molecular complexity index is 567. The van der Waals surface area contributed by atoms with E-state index in [9.17, 15) is 9.18 Å². The molecule has 1 heterocycles. The monoisotopic (exact) mass is 321 g/mol. The van der Waals surface area contributed by atoms with Gasteiger partial charge in [0.15, 0.2) is 0 Å². The first kappa shape index (κ1) is 16.2. The summed E-state index contributed by atoms with van der Waals surface area (Å²) >= 11 is 0. The second-order valence-corrected chi connectivity index (χ2v) is 6.51. The highest BCUT2D eigenvalue weighted by atomic mass is 19.1. The fraction of sp³-hybridized carbons (Fsp3) is 0.588. The molecule has 4 atom stereocenters. The van der Waals surface area contributed by atoms with Crippen LogP contribution < -0.4 is 10.6 Å². The highest BCUT2D eigenvalue weighted by Crippen LogP contribution is 2.40. The molecule has 5 nitrogen and oxygen atoms in total.